The number of hydrogen-bond donors (Lipinski definition) is 0. The molecular weight excluding hydrogens is 389 g/mol. The van der Waals surface area contributed by atoms with E-state index in [1.807, 2.05) is 4.90 Å². The fraction of sp³-hybridized carbons (Fsp3) is 0.364. The Morgan fingerprint density at radius 2 is 1.93 bits per heavy atom. The van der Waals surface area contributed by atoms with Crippen LogP contribution in [0.3, 0.4) is 0 Å². The Morgan fingerprint density at radius 1 is 1.10 bits per heavy atom. The minimum Gasteiger partial charge on any atom is -0.441 e. The highest BCUT2D eigenvalue weighted by Gasteiger charge is 2.21. The third kappa shape index (κ3) is 5.10. The number of amides is 1. The molecular formula is C22H24FN3O2S. The van der Waals surface area contributed by atoms with Crippen molar-refractivity contribution < 1.29 is 13.6 Å². The van der Waals surface area contributed by atoms with Crippen LogP contribution in [0.5, 0.6) is 0 Å². The maximum Gasteiger partial charge on any atom is 0.223 e. The predicted molar refractivity (Wildman–Crippen MR) is 111 cm³/mol. The van der Waals surface area contributed by atoms with E-state index in [1.54, 1.807) is 29.5 Å². The summed E-state index contributed by atoms with van der Waals surface area (Å²) in [5.41, 5.74) is 0.385. The zero-order chi connectivity index (χ0) is 20.1. The van der Waals surface area contributed by atoms with Gasteiger partial charge in [0.15, 0.2) is 11.7 Å². The number of aryl methyl sites for hydroxylation is 1. The van der Waals surface area contributed by atoms with E-state index in [2.05, 4.69) is 27.4 Å². The third-order valence-corrected chi connectivity index (χ3v) is 6.16. The van der Waals surface area contributed by atoms with Crippen LogP contribution >= 0.6 is 11.3 Å². The minimum absolute atomic E-state index is 0.119. The molecule has 0 unspecified atom stereocenters. The maximum atomic E-state index is 13.9. The van der Waals surface area contributed by atoms with Gasteiger partial charge in [0, 0.05) is 50.4 Å². The zero-order valence-corrected chi connectivity index (χ0v) is 17.0. The van der Waals surface area contributed by atoms with E-state index in [1.165, 1.54) is 17.1 Å². The van der Waals surface area contributed by atoms with Gasteiger partial charge in [-0.2, -0.15) is 0 Å². The topological polar surface area (TPSA) is 49.6 Å². The summed E-state index contributed by atoms with van der Waals surface area (Å²) in [5, 5.41) is 2.11. The van der Waals surface area contributed by atoms with E-state index < -0.39 is 0 Å². The number of hydrogen-bond acceptors (Lipinski definition) is 5. The van der Waals surface area contributed by atoms with Crippen LogP contribution in [0.25, 0.3) is 11.3 Å². The van der Waals surface area contributed by atoms with Crippen molar-refractivity contribution in [1.82, 2.24) is 14.8 Å². The lowest BCUT2D eigenvalue weighted by Crippen LogP contribution is -2.49. The van der Waals surface area contributed by atoms with Crippen molar-refractivity contribution in [3.05, 3.63) is 64.6 Å². The van der Waals surface area contributed by atoms with E-state index in [0.717, 1.165) is 39.1 Å². The van der Waals surface area contributed by atoms with Gasteiger partial charge in [-0.25, -0.2) is 9.37 Å². The molecule has 0 radical (unpaired) electrons. The number of rotatable bonds is 7. The molecule has 1 fully saturated rings. The molecule has 3 heterocycles. The molecule has 0 saturated carbocycles. The number of halogens is 1. The molecule has 1 amide bonds. The molecule has 7 heteroatoms. The molecule has 0 N–H and O–H groups in total. The number of nitrogens with zero attached hydrogens (tertiary/aromatic N) is 3. The van der Waals surface area contributed by atoms with Crippen molar-refractivity contribution in [2.45, 2.75) is 19.3 Å². The molecule has 4 rings (SSSR count). The molecule has 1 aliphatic heterocycles. The summed E-state index contributed by atoms with van der Waals surface area (Å²) in [6.45, 7) is 4.38. The van der Waals surface area contributed by atoms with Crippen molar-refractivity contribution in [1.29, 1.82) is 0 Å². The highest BCUT2D eigenvalue weighted by atomic mass is 32.1. The molecule has 0 spiro atoms. The first-order valence-electron chi connectivity index (χ1n) is 9.91. The second kappa shape index (κ2) is 9.33. The van der Waals surface area contributed by atoms with Gasteiger partial charge >= 0.3 is 0 Å². The molecule has 1 aliphatic rings. The van der Waals surface area contributed by atoms with E-state index in [0.29, 0.717) is 30.1 Å². The molecule has 3 aromatic rings. The standard InChI is InChI=1S/C22H24FN3O2S/c23-19-6-2-1-5-18(19)20-16-24-21(28-20)7-8-22(27)26-13-11-25(12-14-26)10-9-17-4-3-15-29-17/h1-6,15-16H,7-14H2. The number of piperazine rings is 1. The Balaban J connectivity index is 1.22. The Hall–Kier alpha value is -2.51. The number of benzene rings is 1. The van der Waals surface area contributed by atoms with Gasteiger partial charge in [-0.3, -0.25) is 9.69 Å². The van der Waals surface area contributed by atoms with Crippen molar-refractivity contribution in [3.63, 3.8) is 0 Å². The van der Waals surface area contributed by atoms with Crippen molar-refractivity contribution >= 4 is 17.2 Å². The summed E-state index contributed by atoms with van der Waals surface area (Å²) < 4.78 is 19.5. The molecule has 0 atom stereocenters. The van der Waals surface area contributed by atoms with Gasteiger partial charge in [-0.15, -0.1) is 11.3 Å². The third-order valence-electron chi connectivity index (χ3n) is 5.23. The van der Waals surface area contributed by atoms with Crippen LogP contribution in [0.4, 0.5) is 4.39 Å². The number of oxazole rings is 1. The van der Waals surface area contributed by atoms with E-state index in [9.17, 15) is 9.18 Å². The van der Waals surface area contributed by atoms with Gasteiger partial charge < -0.3 is 9.32 Å². The number of aromatic nitrogens is 1. The first kappa shape index (κ1) is 19.8. The highest BCUT2D eigenvalue weighted by Crippen LogP contribution is 2.23. The van der Waals surface area contributed by atoms with E-state index >= 15 is 0 Å². The van der Waals surface area contributed by atoms with Gasteiger partial charge in [0.1, 0.15) is 5.82 Å². The van der Waals surface area contributed by atoms with Crippen LogP contribution in [0.2, 0.25) is 0 Å². The van der Waals surface area contributed by atoms with Gasteiger partial charge in [0.25, 0.3) is 0 Å². The summed E-state index contributed by atoms with van der Waals surface area (Å²) >= 11 is 1.80. The Kier molecular flexibility index (Phi) is 6.36. The van der Waals surface area contributed by atoms with Crippen LogP contribution in [0.1, 0.15) is 17.2 Å². The predicted octanol–water partition coefficient (Wildman–Crippen LogP) is 3.86. The molecule has 2 aromatic heterocycles. The van der Waals surface area contributed by atoms with Crippen LogP contribution < -0.4 is 0 Å². The first-order valence-corrected chi connectivity index (χ1v) is 10.8. The Morgan fingerprint density at radius 3 is 2.69 bits per heavy atom. The molecule has 1 aromatic carbocycles. The average molecular weight is 414 g/mol. The zero-order valence-electron chi connectivity index (χ0n) is 16.2. The van der Waals surface area contributed by atoms with Gasteiger partial charge in [0.2, 0.25) is 5.91 Å². The quantitative estimate of drug-likeness (QED) is 0.590. The second-order valence-electron chi connectivity index (χ2n) is 7.15. The molecule has 1 saturated heterocycles. The summed E-state index contributed by atoms with van der Waals surface area (Å²) in [4.78, 5) is 22.5. The first-order chi connectivity index (χ1) is 14.2. The van der Waals surface area contributed by atoms with Crippen LogP contribution in [0.15, 0.2) is 52.4 Å². The van der Waals surface area contributed by atoms with Gasteiger partial charge in [-0.1, -0.05) is 18.2 Å². The molecule has 5 nitrogen and oxygen atoms in total. The molecule has 0 bridgehead atoms. The SMILES string of the molecule is O=C(CCc1ncc(-c2ccccc2F)o1)N1CCN(CCc2cccs2)CC1. The normalized spacial score (nSPS) is 15.0. The molecule has 29 heavy (non-hydrogen) atoms. The van der Waals surface area contributed by atoms with Crippen molar-refractivity contribution in [2.75, 3.05) is 32.7 Å². The number of thiophene rings is 1. The lowest BCUT2D eigenvalue weighted by molar-refractivity contribution is -0.133. The van der Waals surface area contributed by atoms with Crippen LogP contribution in [0, 0.1) is 5.82 Å². The number of carbonyl (C=O) groups is 1. The minimum atomic E-state index is -0.344. The molecule has 0 aliphatic carbocycles. The molecule has 152 valence electrons. The number of carbonyl (C=O) groups excluding carboxylic acids is 1. The fourth-order valence-corrected chi connectivity index (χ4v) is 4.23. The van der Waals surface area contributed by atoms with Crippen LogP contribution in [-0.4, -0.2) is 53.4 Å². The summed E-state index contributed by atoms with van der Waals surface area (Å²) in [7, 11) is 0. The van der Waals surface area contributed by atoms with Crippen LogP contribution in [-0.2, 0) is 17.6 Å². The van der Waals surface area contributed by atoms with Crippen molar-refractivity contribution in [3.8, 4) is 11.3 Å². The smallest absolute Gasteiger partial charge is 0.223 e. The van der Waals surface area contributed by atoms with Crippen molar-refractivity contribution in [2.24, 2.45) is 0 Å². The fourth-order valence-electron chi connectivity index (χ4n) is 3.53. The Bertz CT molecular complexity index is 933. The largest absolute Gasteiger partial charge is 0.441 e. The van der Waals surface area contributed by atoms with Gasteiger partial charge in [-0.05, 0) is 30.0 Å². The second-order valence-corrected chi connectivity index (χ2v) is 8.18. The van der Waals surface area contributed by atoms with E-state index in [-0.39, 0.29) is 11.7 Å². The average Bonchev–Trinajstić information content (AvgIpc) is 3.43. The lowest BCUT2D eigenvalue weighted by Gasteiger charge is -2.34. The lowest BCUT2D eigenvalue weighted by atomic mass is 10.2. The summed E-state index contributed by atoms with van der Waals surface area (Å²) in [5.74, 6) is 0.632. The summed E-state index contributed by atoms with van der Waals surface area (Å²) in [6.07, 6.45) is 3.36. The van der Waals surface area contributed by atoms with E-state index in [4.69, 9.17) is 4.42 Å². The highest BCUT2D eigenvalue weighted by molar-refractivity contribution is 7.09. The maximum absolute atomic E-state index is 13.9. The van der Waals surface area contributed by atoms with Gasteiger partial charge in [0.05, 0.1) is 11.8 Å². The monoisotopic (exact) mass is 413 g/mol. The summed E-state index contributed by atoms with van der Waals surface area (Å²) in [6, 6.07) is 10.7. The Labute approximate surface area is 173 Å².